The van der Waals surface area contributed by atoms with E-state index >= 15 is 0 Å². The lowest BCUT2D eigenvalue weighted by Gasteiger charge is -2.31. The Morgan fingerprint density at radius 1 is 1.04 bits per heavy atom. The van der Waals surface area contributed by atoms with E-state index in [4.69, 9.17) is 4.74 Å². The number of benzene rings is 1. The van der Waals surface area contributed by atoms with Gasteiger partial charge in [0.1, 0.15) is 11.4 Å². The lowest BCUT2D eigenvalue weighted by molar-refractivity contribution is 0.0710. The molecule has 0 aliphatic carbocycles. The number of hydrogen-bond acceptors (Lipinski definition) is 5. The predicted octanol–water partition coefficient (Wildman–Crippen LogP) is 3.13. The summed E-state index contributed by atoms with van der Waals surface area (Å²) in [5.41, 5.74) is 2.21. The van der Waals surface area contributed by atoms with E-state index < -0.39 is 0 Å². The predicted molar refractivity (Wildman–Crippen MR) is 97.8 cm³/mol. The number of nitrogens with zero attached hydrogens (tertiary/aromatic N) is 4. The zero-order chi connectivity index (χ0) is 18.4. The molecule has 26 heavy (non-hydrogen) atoms. The quantitative estimate of drug-likeness (QED) is 0.684. The van der Waals surface area contributed by atoms with Crippen LogP contribution >= 0.6 is 0 Å². The summed E-state index contributed by atoms with van der Waals surface area (Å²) < 4.78 is 5.25. The fourth-order valence-electron chi connectivity index (χ4n) is 2.88. The maximum Gasteiger partial charge on any atom is 0.274 e. The largest absolute Gasteiger partial charge is 0.497 e. The van der Waals surface area contributed by atoms with E-state index in [9.17, 15) is 4.79 Å². The molecule has 0 N–H and O–H groups in total. The molecule has 1 aromatic carbocycles. The van der Waals surface area contributed by atoms with Crippen LogP contribution in [0.4, 0.5) is 0 Å². The molecule has 0 saturated carbocycles. The van der Waals surface area contributed by atoms with Crippen molar-refractivity contribution in [2.75, 3.05) is 13.7 Å². The van der Waals surface area contributed by atoms with Gasteiger partial charge in [-0.25, -0.2) is 4.98 Å². The van der Waals surface area contributed by atoms with Crippen LogP contribution in [0.25, 0.3) is 0 Å². The molecule has 3 rings (SSSR count). The first-order chi connectivity index (χ1) is 12.7. The highest BCUT2D eigenvalue weighted by Gasteiger charge is 2.27. The number of amides is 1. The van der Waals surface area contributed by atoms with Crippen molar-refractivity contribution in [2.45, 2.75) is 13.0 Å². The highest BCUT2D eigenvalue weighted by atomic mass is 16.5. The minimum Gasteiger partial charge on any atom is -0.497 e. The van der Waals surface area contributed by atoms with Gasteiger partial charge in [0.05, 0.1) is 19.3 Å². The Labute approximate surface area is 152 Å². The van der Waals surface area contributed by atoms with Gasteiger partial charge in [0.2, 0.25) is 0 Å². The van der Waals surface area contributed by atoms with Gasteiger partial charge >= 0.3 is 0 Å². The summed E-state index contributed by atoms with van der Waals surface area (Å²) in [6.07, 6.45) is 8.05. The van der Waals surface area contributed by atoms with Crippen molar-refractivity contribution in [3.8, 4) is 5.75 Å². The van der Waals surface area contributed by atoms with Crippen LogP contribution in [-0.2, 0) is 0 Å². The minimum absolute atomic E-state index is 0.176. The molecule has 132 valence electrons. The van der Waals surface area contributed by atoms with Crippen molar-refractivity contribution in [3.05, 3.63) is 84.2 Å². The molecular weight excluding hydrogens is 328 g/mol. The number of ether oxygens (including phenoxy) is 1. The van der Waals surface area contributed by atoms with Crippen LogP contribution in [0.3, 0.4) is 0 Å². The number of pyridine rings is 1. The van der Waals surface area contributed by atoms with Gasteiger partial charge in [0.25, 0.3) is 5.91 Å². The molecule has 0 radical (unpaired) electrons. The Bertz CT molecular complexity index is 839. The van der Waals surface area contributed by atoms with E-state index in [1.165, 1.54) is 12.4 Å². The van der Waals surface area contributed by atoms with E-state index in [2.05, 4.69) is 15.0 Å². The molecule has 0 aliphatic rings. The van der Waals surface area contributed by atoms with Crippen LogP contribution in [0.5, 0.6) is 5.75 Å². The van der Waals surface area contributed by atoms with Crippen LogP contribution in [0.1, 0.15) is 34.6 Å². The maximum atomic E-state index is 13.1. The molecule has 0 spiro atoms. The number of hydrogen-bond donors (Lipinski definition) is 0. The standard InChI is InChI=1S/C20H20N4O2/c1-3-24(20(25)18-14-22-11-12-23-18)19(16-5-4-10-21-13-16)15-6-8-17(26-2)9-7-15/h4-14,19H,3H2,1-2H3/t19-/m1/s1. The van der Waals surface area contributed by atoms with Crippen LogP contribution < -0.4 is 4.74 Å². The average Bonchev–Trinajstić information content (AvgIpc) is 2.73. The SMILES string of the molecule is CCN(C(=O)c1cnccn1)[C@H](c1ccc(OC)cc1)c1cccnc1. The van der Waals surface area contributed by atoms with Gasteiger partial charge < -0.3 is 9.64 Å². The van der Waals surface area contributed by atoms with Crippen molar-refractivity contribution in [1.29, 1.82) is 0 Å². The van der Waals surface area contributed by atoms with E-state index in [-0.39, 0.29) is 11.9 Å². The Balaban J connectivity index is 2.04. The van der Waals surface area contributed by atoms with Crippen LogP contribution in [-0.4, -0.2) is 39.4 Å². The second-order valence-corrected chi connectivity index (χ2v) is 5.64. The molecule has 1 amide bonds. The van der Waals surface area contributed by atoms with E-state index in [1.54, 1.807) is 30.6 Å². The van der Waals surface area contributed by atoms with Gasteiger partial charge in [-0.05, 0) is 36.2 Å². The van der Waals surface area contributed by atoms with Gasteiger partial charge in [0.15, 0.2) is 0 Å². The van der Waals surface area contributed by atoms with Gasteiger partial charge in [-0.15, -0.1) is 0 Å². The molecule has 6 nitrogen and oxygen atoms in total. The summed E-state index contributed by atoms with van der Waals surface area (Å²) in [7, 11) is 1.63. The zero-order valence-corrected chi connectivity index (χ0v) is 14.7. The number of aromatic nitrogens is 3. The Morgan fingerprint density at radius 2 is 1.81 bits per heavy atom. The van der Waals surface area contributed by atoms with Crippen LogP contribution in [0.15, 0.2) is 67.4 Å². The maximum absolute atomic E-state index is 13.1. The molecule has 3 aromatic rings. The normalized spacial score (nSPS) is 11.6. The molecule has 0 unspecified atom stereocenters. The van der Waals surface area contributed by atoms with E-state index in [0.717, 1.165) is 16.9 Å². The molecule has 2 heterocycles. The minimum atomic E-state index is -0.283. The molecular formula is C20H20N4O2. The van der Waals surface area contributed by atoms with E-state index in [0.29, 0.717) is 12.2 Å². The smallest absolute Gasteiger partial charge is 0.274 e. The lowest BCUT2D eigenvalue weighted by Crippen LogP contribution is -2.36. The summed E-state index contributed by atoms with van der Waals surface area (Å²) in [5.74, 6) is 0.590. The summed E-state index contributed by atoms with van der Waals surface area (Å²) >= 11 is 0. The highest BCUT2D eigenvalue weighted by Crippen LogP contribution is 2.30. The van der Waals surface area contributed by atoms with Crippen LogP contribution in [0.2, 0.25) is 0 Å². The summed E-state index contributed by atoms with van der Waals surface area (Å²) in [4.78, 5) is 27.2. The summed E-state index contributed by atoms with van der Waals surface area (Å²) in [6, 6.07) is 11.3. The molecule has 0 aliphatic heterocycles. The van der Waals surface area contributed by atoms with Gasteiger partial charge in [-0.1, -0.05) is 18.2 Å². The molecule has 0 saturated heterocycles. The van der Waals surface area contributed by atoms with Crippen molar-refractivity contribution in [2.24, 2.45) is 0 Å². The lowest BCUT2D eigenvalue weighted by atomic mass is 9.98. The number of rotatable bonds is 6. The topological polar surface area (TPSA) is 68.2 Å². The fourth-order valence-corrected chi connectivity index (χ4v) is 2.88. The molecule has 6 heteroatoms. The summed E-state index contributed by atoms with van der Waals surface area (Å²) in [5, 5.41) is 0. The highest BCUT2D eigenvalue weighted by molar-refractivity contribution is 5.92. The zero-order valence-electron chi connectivity index (χ0n) is 14.7. The third-order valence-electron chi connectivity index (χ3n) is 4.13. The summed E-state index contributed by atoms with van der Waals surface area (Å²) in [6.45, 7) is 2.46. The van der Waals surface area contributed by atoms with Crippen LogP contribution in [0, 0.1) is 0 Å². The third kappa shape index (κ3) is 3.69. The van der Waals surface area contributed by atoms with Gasteiger partial charge in [0, 0.05) is 31.3 Å². The third-order valence-corrected chi connectivity index (χ3v) is 4.13. The van der Waals surface area contributed by atoms with Crippen molar-refractivity contribution in [3.63, 3.8) is 0 Å². The van der Waals surface area contributed by atoms with Gasteiger partial charge in [-0.2, -0.15) is 0 Å². The average molecular weight is 348 g/mol. The van der Waals surface area contributed by atoms with Crippen molar-refractivity contribution >= 4 is 5.91 Å². The molecule has 0 bridgehead atoms. The number of methoxy groups -OCH3 is 1. The van der Waals surface area contributed by atoms with Gasteiger partial charge in [-0.3, -0.25) is 14.8 Å². The second kappa shape index (κ2) is 8.20. The Morgan fingerprint density at radius 3 is 2.38 bits per heavy atom. The first-order valence-electron chi connectivity index (χ1n) is 8.35. The Hall–Kier alpha value is -3.28. The van der Waals surface area contributed by atoms with Crippen molar-refractivity contribution < 1.29 is 9.53 Å². The molecule has 2 aromatic heterocycles. The fraction of sp³-hybridized carbons (Fsp3) is 0.200. The van der Waals surface area contributed by atoms with Crippen molar-refractivity contribution in [1.82, 2.24) is 19.9 Å². The molecule has 0 fully saturated rings. The van der Waals surface area contributed by atoms with E-state index in [1.807, 2.05) is 43.3 Å². The first-order valence-corrected chi connectivity index (χ1v) is 8.35. The Kier molecular flexibility index (Phi) is 5.53. The monoisotopic (exact) mass is 348 g/mol. The molecule has 1 atom stereocenters. The second-order valence-electron chi connectivity index (χ2n) is 5.64. The number of carbonyl (C=O) groups is 1. The first kappa shape index (κ1) is 17.5. The number of carbonyl (C=O) groups excluding carboxylic acids is 1.